The third-order valence-electron chi connectivity index (χ3n) is 4.48. The summed E-state index contributed by atoms with van der Waals surface area (Å²) in [7, 11) is 1.64. The lowest BCUT2D eigenvalue weighted by molar-refractivity contribution is -0.137. The van der Waals surface area contributed by atoms with Crippen LogP contribution in [0.2, 0.25) is 0 Å². The summed E-state index contributed by atoms with van der Waals surface area (Å²) < 4.78 is 10.9. The van der Waals surface area contributed by atoms with E-state index in [1.54, 1.807) is 7.11 Å². The highest BCUT2D eigenvalue weighted by atomic mass is 16.6. The monoisotopic (exact) mass is 275 g/mol. The number of methoxy groups -OCH3 is 1. The second kappa shape index (κ2) is 3.98. The van der Waals surface area contributed by atoms with E-state index in [1.807, 2.05) is 43.0 Å². The quantitative estimate of drug-likeness (QED) is 0.629. The van der Waals surface area contributed by atoms with E-state index in [9.17, 15) is 4.79 Å². The van der Waals surface area contributed by atoms with Gasteiger partial charge < -0.3 is 14.4 Å². The lowest BCUT2D eigenvalue weighted by atomic mass is 9.70. The minimum absolute atomic E-state index is 0.0957. The van der Waals surface area contributed by atoms with E-state index in [0.29, 0.717) is 0 Å². The minimum atomic E-state index is -0.363. The van der Waals surface area contributed by atoms with Crippen molar-refractivity contribution in [3.63, 3.8) is 0 Å². The molecule has 0 radical (unpaired) electrons. The lowest BCUT2D eigenvalue weighted by Crippen LogP contribution is -2.69. The Labute approximate surface area is 119 Å². The molecule has 2 atom stereocenters. The summed E-state index contributed by atoms with van der Waals surface area (Å²) in [5, 5.41) is 0. The molecule has 1 aromatic carbocycles. The van der Waals surface area contributed by atoms with Crippen LogP contribution >= 0.6 is 0 Å². The van der Waals surface area contributed by atoms with Crippen LogP contribution in [0.25, 0.3) is 0 Å². The summed E-state index contributed by atoms with van der Waals surface area (Å²) >= 11 is 0. The number of β-lactam (4-membered cyclic amide) rings is 1. The number of hydrogen-bond acceptors (Lipinski definition) is 3. The second-order valence-corrected chi connectivity index (χ2v) is 6.68. The maximum atomic E-state index is 12.4. The molecule has 2 saturated heterocycles. The van der Waals surface area contributed by atoms with Crippen LogP contribution in [0.1, 0.15) is 27.7 Å². The van der Waals surface area contributed by atoms with Crippen molar-refractivity contribution in [2.75, 3.05) is 12.0 Å². The molecule has 2 aliphatic heterocycles. The summed E-state index contributed by atoms with van der Waals surface area (Å²) in [6.07, 6.45) is 0.109. The minimum Gasteiger partial charge on any atom is -0.497 e. The fourth-order valence-corrected chi connectivity index (χ4v) is 3.09. The van der Waals surface area contributed by atoms with Crippen molar-refractivity contribution >= 4 is 11.6 Å². The number of hydrogen-bond donors (Lipinski definition) is 0. The Kier molecular flexibility index (Phi) is 2.67. The number of nitrogens with zero attached hydrogens (tertiary/aromatic N) is 1. The standard InChI is InChI=1S/C16H21NO3/c1-15(2)12(13-16(3,4)20-13)17(14(15)18)10-6-8-11(19-5)9-7-10/h6-9,12-13H,1-5H3/t12-,13-/m0/s1. The Balaban J connectivity index is 1.89. The van der Waals surface area contributed by atoms with Crippen molar-refractivity contribution in [3.05, 3.63) is 24.3 Å². The largest absolute Gasteiger partial charge is 0.497 e. The number of rotatable bonds is 3. The number of ether oxygens (including phenoxy) is 2. The van der Waals surface area contributed by atoms with Crippen molar-refractivity contribution in [2.24, 2.45) is 5.41 Å². The topological polar surface area (TPSA) is 42.1 Å². The highest BCUT2D eigenvalue weighted by molar-refractivity contribution is 6.05. The molecule has 3 rings (SSSR count). The molecule has 0 N–H and O–H groups in total. The first-order valence-corrected chi connectivity index (χ1v) is 6.94. The van der Waals surface area contributed by atoms with E-state index in [-0.39, 0.29) is 29.1 Å². The van der Waals surface area contributed by atoms with Crippen LogP contribution in [0, 0.1) is 5.41 Å². The van der Waals surface area contributed by atoms with Gasteiger partial charge in [-0.25, -0.2) is 0 Å². The molecule has 4 nitrogen and oxygen atoms in total. The van der Waals surface area contributed by atoms with Crippen LogP contribution in [0.5, 0.6) is 5.75 Å². The molecule has 0 aliphatic carbocycles. The summed E-state index contributed by atoms with van der Waals surface area (Å²) in [6.45, 7) is 8.14. The molecule has 2 heterocycles. The predicted molar refractivity (Wildman–Crippen MR) is 77.0 cm³/mol. The molecule has 0 spiro atoms. The van der Waals surface area contributed by atoms with Crippen LogP contribution in [0.4, 0.5) is 5.69 Å². The van der Waals surface area contributed by atoms with Crippen LogP contribution in [-0.2, 0) is 9.53 Å². The van der Waals surface area contributed by atoms with E-state index < -0.39 is 0 Å². The number of amides is 1. The molecule has 0 saturated carbocycles. The van der Waals surface area contributed by atoms with Crippen molar-refractivity contribution in [1.82, 2.24) is 0 Å². The SMILES string of the molecule is COc1ccc(N2C(=O)C(C)(C)[C@@H]2[C@@H]2OC2(C)C)cc1. The number of carbonyl (C=O) groups is 1. The van der Waals surface area contributed by atoms with Crippen molar-refractivity contribution in [2.45, 2.75) is 45.4 Å². The summed E-state index contributed by atoms with van der Waals surface area (Å²) in [5.41, 5.74) is 0.414. The first-order chi connectivity index (χ1) is 9.29. The molecule has 1 aromatic rings. The maximum absolute atomic E-state index is 12.4. The molecule has 1 amide bonds. The van der Waals surface area contributed by atoms with Gasteiger partial charge >= 0.3 is 0 Å². The maximum Gasteiger partial charge on any atom is 0.235 e. The number of anilines is 1. The van der Waals surface area contributed by atoms with Gasteiger partial charge in [-0.05, 0) is 52.0 Å². The molecule has 108 valence electrons. The van der Waals surface area contributed by atoms with E-state index in [1.165, 1.54) is 0 Å². The zero-order valence-electron chi connectivity index (χ0n) is 12.6. The van der Waals surface area contributed by atoms with Crippen molar-refractivity contribution in [3.8, 4) is 5.75 Å². The van der Waals surface area contributed by atoms with Gasteiger partial charge in [-0.3, -0.25) is 4.79 Å². The van der Waals surface area contributed by atoms with Gasteiger partial charge in [0, 0.05) is 5.69 Å². The Hall–Kier alpha value is -1.55. The lowest BCUT2D eigenvalue weighted by Gasteiger charge is -2.52. The average molecular weight is 275 g/mol. The molecular formula is C16H21NO3. The third kappa shape index (κ3) is 1.74. The average Bonchev–Trinajstić information content (AvgIpc) is 3.02. The highest BCUT2D eigenvalue weighted by Crippen LogP contribution is 2.52. The second-order valence-electron chi connectivity index (χ2n) is 6.68. The molecule has 0 bridgehead atoms. The van der Waals surface area contributed by atoms with E-state index in [2.05, 4.69) is 13.8 Å². The first-order valence-electron chi connectivity index (χ1n) is 6.94. The van der Waals surface area contributed by atoms with Crippen molar-refractivity contribution < 1.29 is 14.3 Å². The van der Waals surface area contributed by atoms with Gasteiger partial charge in [-0.15, -0.1) is 0 Å². The molecule has 2 aliphatic rings. The van der Waals surface area contributed by atoms with Gasteiger partial charge in [0.25, 0.3) is 0 Å². The van der Waals surface area contributed by atoms with Crippen LogP contribution in [0.15, 0.2) is 24.3 Å². The van der Waals surface area contributed by atoms with E-state index in [0.717, 1.165) is 11.4 Å². The highest BCUT2D eigenvalue weighted by Gasteiger charge is 2.67. The van der Waals surface area contributed by atoms with Gasteiger partial charge in [0.1, 0.15) is 11.9 Å². The zero-order valence-corrected chi connectivity index (χ0v) is 12.6. The summed E-state index contributed by atoms with van der Waals surface area (Å²) in [6, 6.07) is 7.70. The van der Waals surface area contributed by atoms with Gasteiger partial charge in [-0.2, -0.15) is 0 Å². The Bertz CT molecular complexity index is 547. The number of epoxide rings is 1. The van der Waals surface area contributed by atoms with Crippen LogP contribution < -0.4 is 9.64 Å². The van der Waals surface area contributed by atoms with Crippen LogP contribution in [0.3, 0.4) is 0 Å². The van der Waals surface area contributed by atoms with Gasteiger partial charge in [0.15, 0.2) is 0 Å². The molecular weight excluding hydrogens is 254 g/mol. The molecule has 0 aromatic heterocycles. The van der Waals surface area contributed by atoms with Crippen LogP contribution in [-0.4, -0.2) is 30.8 Å². The Morgan fingerprint density at radius 2 is 1.70 bits per heavy atom. The summed E-state index contributed by atoms with van der Waals surface area (Å²) in [4.78, 5) is 14.3. The number of carbonyl (C=O) groups excluding carboxylic acids is 1. The normalized spacial score (nSPS) is 29.9. The molecule has 4 heteroatoms. The molecule has 2 fully saturated rings. The summed E-state index contributed by atoms with van der Waals surface area (Å²) in [5.74, 6) is 0.944. The first kappa shape index (κ1) is 13.4. The van der Waals surface area contributed by atoms with E-state index in [4.69, 9.17) is 9.47 Å². The van der Waals surface area contributed by atoms with Crippen molar-refractivity contribution in [1.29, 1.82) is 0 Å². The molecule has 0 unspecified atom stereocenters. The van der Waals surface area contributed by atoms with E-state index >= 15 is 0 Å². The third-order valence-corrected chi connectivity index (χ3v) is 4.48. The van der Waals surface area contributed by atoms with Gasteiger partial charge in [0.05, 0.1) is 24.2 Å². The Morgan fingerprint density at radius 3 is 2.15 bits per heavy atom. The smallest absolute Gasteiger partial charge is 0.235 e. The number of benzene rings is 1. The predicted octanol–water partition coefficient (Wildman–Crippen LogP) is 2.61. The fraction of sp³-hybridized carbons (Fsp3) is 0.562. The van der Waals surface area contributed by atoms with Gasteiger partial charge in [0.2, 0.25) is 5.91 Å². The fourth-order valence-electron chi connectivity index (χ4n) is 3.09. The van der Waals surface area contributed by atoms with Gasteiger partial charge in [-0.1, -0.05) is 0 Å². The molecule has 20 heavy (non-hydrogen) atoms. The zero-order chi connectivity index (χ0) is 14.7. The Morgan fingerprint density at radius 1 is 1.15 bits per heavy atom.